The Bertz CT molecular complexity index is 630. The van der Waals surface area contributed by atoms with Crippen LogP contribution >= 0.6 is 11.6 Å². The minimum absolute atomic E-state index is 0.0194. The Balaban J connectivity index is 1.62. The van der Waals surface area contributed by atoms with Crippen molar-refractivity contribution in [3.63, 3.8) is 0 Å². The van der Waals surface area contributed by atoms with Crippen molar-refractivity contribution >= 4 is 23.4 Å². The standard InChI is InChI=1S/C15H19ClF3N5/c1-20-14(22-10-2-3-10)23-11-4-5-24(8-11)13-12(16)6-9(7-21-13)15(17,18)19/h6-7,10-11H,2-5,8H2,1H3,(H2,20,22,23). The number of nitrogens with zero attached hydrogens (tertiary/aromatic N) is 3. The van der Waals surface area contributed by atoms with Crippen LogP contribution in [0.3, 0.4) is 0 Å². The topological polar surface area (TPSA) is 52.6 Å². The Morgan fingerprint density at radius 3 is 2.58 bits per heavy atom. The molecule has 0 radical (unpaired) electrons. The van der Waals surface area contributed by atoms with Crippen molar-refractivity contribution in [1.82, 2.24) is 15.6 Å². The van der Waals surface area contributed by atoms with E-state index in [9.17, 15) is 13.2 Å². The molecule has 24 heavy (non-hydrogen) atoms. The Morgan fingerprint density at radius 2 is 2.00 bits per heavy atom. The fourth-order valence-electron chi connectivity index (χ4n) is 2.67. The minimum Gasteiger partial charge on any atom is -0.354 e. The smallest absolute Gasteiger partial charge is 0.354 e. The van der Waals surface area contributed by atoms with Gasteiger partial charge in [-0.1, -0.05) is 11.6 Å². The quantitative estimate of drug-likeness (QED) is 0.642. The summed E-state index contributed by atoms with van der Waals surface area (Å²) in [7, 11) is 1.72. The molecule has 1 atom stereocenters. The molecule has 2 aliphatic rings. The van der Waals surface area contributed by atoms with Crippen LogP contribution in [0.4, 0.5) is 19.0 Å². The zero-order chi connectivity index (χ0) is 17.3. The molecule has 1 saturated heterocycles. The Kier molecular flexibility index (Phi) is 4.76. The summed E-state index contributed by atoms with van der Waals surface area (Å²) in [6.07, 6.45) is -0.462. The summed E-state index contributed by atoms with van der Waals surface area (Å²) in [6.45, 7) is 1.29. The number of halogens is 4. The van der Waals surface area contributed by atoms with Gasteiger partial charge in [0.05, 0.1) is 10.6 Å². The molecule has 1 aliphatic carbocycles. The molecule has 0 amide bonds. The summed E-state index contributed by atoms with van der Waals surface area (Å²) < 4.78 is 38.1. The summed E-state index contributed by atoms with van der Waals surface area (Å²) in [5.41, 5.74) is -0.834. The zero-order valence-electron chi connectivity index (χ0n) is 13.2. The van der Waals surface area contributed by atoms with Crippen LogP contribution in [0.2, 0.25) is 5.02 Å². The van der Waals surface area contributed by atoms with Gasteiger partial charge in [-0.05, 0) is 25.3 Å². The molecule has 1 aliphatic heterocycles. The first-order valence-electron chi connectivity index (χ1n) is 7.84. The number of aliphatic imine (C=N–C) groups is 1. The molecule has 2 heterocycles. The van der Waals surface area contributed by atoms with Crippen molar-refractivity contribution in [3.8, 4) is 0 Å². The maximum Gasteiger partial charge on any atom is 0.417 e. The number of rotatable bonds is 3. The molecule has 1 aromatic heterocycles. The second-order valence-electron chi connectivity index (χ2n) is 6.09. The lowest BCUT2D eigenvalue weighted by atomic mass is 10.2. The van der Waals surface area contributed by atoms with E-state index in [-0.39, 0.29) is 11.1 Å². The van der Waals surface area contributed by atoms with Gasteiger partial charge in [0.15, 0.2) is 5.96 Å². The van der Waals surface area contributed by atoms with Gasteiger partial charge < -0.3 is 15.5 Å². The van der Waals surface area contributed by atoms with E-state index in [0.29, 0.717) is 24.9 Å². The lowest BCUT2D eigenvalue weighted by Crippen LogP contribution is -2.45. The van der Waals surface area contributed by atoms with Gasteiger partial charge in [0.2, 0.25) is 0 Å². The molecule has 2 N–H and O–H groups in total. The highest BCUT2D eigenvalue weighted by Crippen LogP contribution is 2.34. The first-order valence-corrected chi connectivity index (χ1v) is 8.22. The number of hydrogen-bond acceptors (Lipinski definition) is 3. The first kappa shape index (κ1) is 17.1. The summed E-state index contributed by atoms with van der Waals surface area (Å²) in [5, 5.41) is 6.67. The Labute approximate surface area is 143 Å². The molecule has 132 valence electrons. The van der Waals surface area contributed by atoms with Crippen molar-refractivity contribution in [1.29, 1.82) is 0 Å². The first-order chi connectivity index (χ1) is 11.4. The third-order valence-corrected chi connectivity index (χ3v) is 4.40. The summed E-state index contributed by atoms with van der Waals surface area (Å²) >= 11 is 6.01. The average molecular weight is 362 g/mol. The normalized spacial score (nSPS) is 22.0. The van der Waals surface area contributed by atoms with Crippen LogP contribution in [-0.4, -0.2) is 43.2 Å². The molecule has 0 aromatic carbocycles. The van der Waals surface area contributed by atoms with Crippen LogP contribution in [0.5, 0.6) is 0 Å². The van der Waals surface area contributed by atoms with Gasteiger partial charge >= 0.3 is 6.18 Å². The van der Waals surface area contributed by atoms with Crippen LogP contribution < -0.4 is 15.5 Å². The maximum atomic E-state index is 12.7. The van der Waals surface area contributed by atoms with E-state index in [1.54, 1.807) is 7.05 Å². The zero-order valence-corrected chi connectivity index (χ0v) is 14.0. The fourth-order valence-corrected chi connectivity index (χ4v) is 2.96. The molecule has 1 aromatic rings. The molecular weight excluding hydrogens is 343 g/mol. The minimum atomic E-state index is -4.44. The molecule has 2 fully saturated rings. The van der Waals surface area contributed by atoms with Crippen LogP contribution in [0, 0.1) is 0 Å². The maximum absolute atomic E-state index is 12.7. The monoisotopic (exact) mass is 361 g/mol. The fraction of sp³-hybridized carbons (Fsp3) is 0.600. The highest BCUT2D eigenvalue weighted by atomic mass is 35.5. The largest absolute Gasteiger partial charge is 0.417 e. The van der Waals surface area contributed by atoms with Gasteiger partial charge in [0.1, 0.15) is 5.82 Å². The van der Waals surface area contributed by atoms with E-state index in [4.69, 9.17) is 11.6 Å². The second-order valence-corrected chi connectivity index (χ2v) is 6.50. The number of hydrogen-bond donors (Lipinski definition) is 2. The molecule has 1 unspecified atom stereocenters. The SMILES string of the molecule is CN=C(NC1CC1)NC1CCN(c2ncc(C(F)(F)F)cc2Cl)C1. The van der Waals surface area contributed by atoms with E-state index < -0.39 is 11.7 Å². The number of guanidine groups is 1. The molecule has 0 spiro atoms. The molecule has 3 rings (SSSR count). The van der Waals surface area contributed by atoms with Gasteiger partial charge in [-0.2, -0.15) is 13.2 Å². The van der Waals surface area contributed by atoms with Gasteiger partial charge in [-0.15, -0.1) is 0 Å². The number of pyridine rings is 1. The lowest BCUT2D eigenvalue weighted by Gasteiger charge is -2.21. The van der Waals surface area contributed by atoms with Crippen molar-refractivity contribution in [2.24, 2.45) is 4.99 Å². The summed E-state index contributed by atoms with van der Waals surface area (Å²) in [6, 6.07) is 1.58. The van der Waals surface area contributed by atoms with E-state index in [2.05, 4.69) is 20.6 Å². The van der Waals surface area contributed by atoms with Gasteiger partial charge in [-0.3, -0.25) is 4.99 Å². The predicted octanol–water partition coefficient (Wildman–Crippen LogP) is 2.66. The molecule has 5 nitrogen and oxygen atoms in total. The van der Waals surface area contributed by atoms with E-state index >= 15 is 0 Å². The average Bonchev–Trinajstić information content (AvgIpc) is 3.22. The van der Waals surface area contributed by atoms with Crippen molar-refractivity contribution in [3.05, 3.63) is 22.8 Å². The highest BCUT2D eigenvalue weighted by Gasteiger charge is 2.33. The third-order valence-electron chi connectivity index (χ3n) is 4.12. The second kappa shape index (κ2) is 6.66. The number of alkyl halides is 3. The molecular formula is C15H19ClF3N5. The van der Waals surface area contributed by atoms with Crippen molar-refractivity contribution in [2.45, 2.75) is 37.5 Å². The van der Waals surface area contributed by atoms with E-state index in [1.807, 2.05) is 4.90 Å². The van der Waals surface area contributed by atoms with Crippen LogP contribution in [0.15, 0.2) is 17.3 Å². The lowest BCUT2D eigenvalue weighted by molar-refractivity contribution is -0.137. The molecule has 9 heteroatoms. The Hall–Kier alpha value is -1.70. The van der Waals surface area contributed by atoms with Gasteiger partial charge in [0.25, 0.3) is 0 Å². The highest BCUT2D eigenvalue weighted by molar-refractivity contribution is 6.33. The third kappa shape index (κ3) is 4.03. The number of nitrogens with one attached hydrogen (secondary N) is 2. The van der Waals surface area contributed by atoms with Gasteiger partial charge in [0, 0.05) is 38.4 Å². The Morgan fingerprint density at radius 1 is 1.29 bits per heavy atom. The van der Waals surface area contributed by atoms with Crippen molar-refractivity contribution < 1.29 is 13.2 Å². The van der Waals surface area contributed by atoms with E-state index in [0.717, 1.165) is 37.5 Å². The van der Waals surface area contributed by atoms with Gasteiger partial charge in [-0.25, -0.2) is 4.98 Å². The molecule has 1 saturated carbocycles. The molecule has 0 bridgehead atoms. The van der Waals surface area contributed by atoms with Crippen molar-refractivity contribution in [2.75, 3.05) is 25.0 Å². The van der Waals surface area contributed by atoms with E-state index in [1.165, 1.54) is 0 Å². The predicted molar refractivity (Wildman–Crippen MR) is 87.5 cm³/mol. The number of aromatic nitrogens is 1. The van der Waals surface area contributed by atoms with Crippen LogP contribution in [0.1, 0.15) is 24.8 Å². The van der Waals surface area contributed by atoms with Crippen LogP contribution in [0.25, 0.3) is 0 Å². The van der Waals surface area contributed by atoms with Crippen LogP contribution in [-0.2, 0) is 6.18 Å². The summed E-state index contributed by atoms with van der Waals surface area (Å²) in [4.78, 5) is 10.0. The summed E-state index contributed by atoms with van der Waals surface area (Å²) in [5.74, 6) is 1.15. The number of anilines is 1.